The Morgan fingerprint density at radius 3 is 2.64 bits per heavy atom. The van der Waals surface area contributed by atoms with Crippen molar-refractivity contribution in [1.82, 2.24) is 20.2 Å². The number of morpholine rings is 1. The molecule has 0 spiro atoms. The molecule has 2 aromatic carbocycles. The van der Waals surface area contributed by atoms with Gasteiger partial charge in [-0.25, -0.2) is 22.9 Å². The van der Waals surface area contributed by atoms with Crippen LogP contribution in [0.15, 0.2) is 42.5 Å². The first-order valence-electron chi connectivity index (χ1n) is 10.9. The van der Waals surface area contributed by atoms with Crippen LogP contribution in [0.2, 0.25) is 0 Å². The number of hydrazine groups is 1. The molecule has 1 N–H and O–H groups in total. The fraction of sp³-hybridized carbons (Fsp3) is 0.333. The molecule has 1 atom stereocenters. The molecule has 1 unspecified atom stereocenters. The summed E-state index contributed by atoms with van der Waals surface area (Å²) in [7, 11) is 0. The zero-order chi connectivity index (χ0) is 22.9. The van der Waals surface area contributed by atoms with Crippen molar-refractivity contribution in [3.05, 3.63) is 82.4 Å². The van der Waals surface area contributed by atoms with Crippen molar-refractivity contribution in [2.24, 2.45) is 0 Å². The molecule has 3 aromatic rings. The normalized spacial score (nSPS) is 18.3. The van der Waals surface area contributed by atoms with Crippen LogP contribution in [0.3, 0.4) is 0 Å². The quantitative estimate of drug-likeness (QED) is 0.638. The Morgan fingerprint density at radius 2 is 1.88 bits per heavy atom. The molecule has 1 saturated heterocycles. The number of halogens is 3. The molecule has 5 rings (SSSR count). The number of hydrogen-bond acceptors (Lipinski definition) is 4. The molecule has 172 valence electrons. The number of carbonyl (C=O) groups excluding carboxylic acids is 1. The summed E-state index contributed by atoms with van der Waals surface area (Å²) in [6, 6.07) is 9.63. The van der Waals surface area contributed by atoms with Gasteiger partial charge in [0, 0.05) is 30.6 Å². The summed E-state index contributed by atoms with van der Waals surface area (Å²) in [6.07, 6.45) is 1.82. The summed E-state index contributed by atoms with van der Waals surface area (Å²) in [5.74, 6) is -2.25. The molecule has 1 aliphatic carbocycles. The predicted octanol–water partition coefficient (Wildman–Crippen LogP) is 3.54. The molecule has 0 bridgehead atoms. The number of aromatic nitrogens is 2. The fourth-order valence-electron chi connectivity index (χ4n) is 4.62. The third-order valence-electron chi connectivity index (χ3n) is 6.15. The number of benzene rings is 2. The zero-order valence-corrected chi connectivity index (χ0v) is 17.9. The van der Waals surface area contributed by atoms with Crippen LogP contribution in [0.1, 0.15) is 39.6 Å². The molecule has 9 heteroatoms. The van der Waals surface area contributed by atoms with Crippen molar-refractivity contribution in [2.75, 3.05) is 26.3 Å². The van der Waals surface area contributed by atoms with E-state index in [1.807, 2.05) is 6.07 Å². The van der Waals surface area contributed by atoms with Gasteiger partial charge < -0.3 is 4.74 Å². The van der Waals surface area contributed by atoms with Gasteiger partial charge in [-0.2, -0.15) is 5.10 Å². The van der Waals surface area contributed by atoms with E-state index in [-0.39, 0.29) is 29.0 Å². The Kier molecular flexibility index (Phi) is 5.90. The molecule has 0 radical (unpaired) electrons. The Balaban J connectivity index is 1.53. The number of hydrogen-bond donors (Lipinski definition) is 1. The summed E-state index contributed by atoms with van der Waals surface area (Å²) in [5.41, 5.74) is 5.41. The van der Waals surface area contributed by atoms with Gasteiger partial charge in [-0.15, -0.1) is 0 Å². The van der Waals surface area contributed by atoms with Crippen molar-refractivity contribution in [3.8, 4) is 5.69 Å². The van der Waals surface area contributed by atoms with Crippen LogP contribution in [0, 0.1) is 17.5 Å². The summed E-state index contributed by atoms with van der Waals surface area (Å²) >= 11 is 0. The van der Waals surface area contributed by atoms with Gasteiger partial charge in [-0.3, -0.25) is 10.2 Å². The maximum absolute atomic E-state index is 14.7. The van der Waals surface area contributed by atoms with Gasteiger partial charge in [0.2, 0.25) is 0 Å². The molecule has 2 aliphatic rings. The van der Waals surface area contributed by atoms with E-state index in [0.29, 0.717) is 51.3 Å². The van der Waals surface area contributed by atoms with Crippen LogP contribution in [0.5, 0.6) is 0 Å². The van der Waals surface area contributed by atoms with Gasteiger partial charge in [-0.1, -0.05) is 12.1 Å². The Hall–Kier alpha value is -3.17. The van der Waals surface area contributed by atoms with Crippen molar-refractivity contribution < 1.29 is 22.7 Å². The van der Waals surface area contributed by atoms with E-state index in [4.69, 9.17) is 4.74 Å². The molecule has 33 heavy (non-hydrogen) atoms. The molecule has 0 saturated carbocycles. The number of nitrogens with one attached hydrogen (secondary N) is 1. The topological polar surface area (TPSA) is 59.4 Å². The molecule has 6 nitrogen and oxygen atoms in total. The number of ether oxygens (including phenoxy) is 1. The van der Waals surface area contributed by atoms with Crippen LogP contribution >= 0.6 is 0 Å². The number of fused-ring (bicyclic) bond motifs is 1. The van der Waals surface area contributed by atoms with E-state index in [1.54, 1.807) is 11.1 Å². The second kappa shape index (κ2) is 8.99. The summed E-state index contributed by atoms with van der Waals surface area (Å²) in [5, 5.41) is 6.25. The van der Waals surface area contributed by atoms with Crippen LogP contribution in [0.4, 0.5) is 13.2 Å². The van der Waals surface area contributed by atoms with E-state index in [9.17, 15) is 18.0 Å². The average Bonchev–Trinajstić information content (AvgIpc) is 3.36. The summed E-state index contributed by atoms with van der Waals surface area (Å²) < 4.78 is 48.7. The first-order chi connectivity index (χ1) is 16.0. The van der Waals surface area contributed by atoms with Crippen molar-refractivity contribution in [2.45, 2.75) is 25.2 Å². The maximum Gasteiger partial charge on any atom is 0.286 e. The highest BCUT2D eigenvalue weighted by atomic mass is 19.1. The highest BCUT2D eigenvalue weighted by Gasteiger charge is 2.35. The van der Waals surface area contributed by atoms with E-state index in [2.05, 4.69) is 10.5 Å². The van der Waals surface area contributed by atoms with E-state index < -0.39 is 11.6 Å². The molecule has 1 aromatic heterocycles. The molecule has 2 heterocycles. The van der Waals surface area contributed by atoms with Crippen LogP contribution < -0.4 is 5.43 Å². The second-order valence-corrected chi connectivity index (χ2v) is 8.33. The van der Waals surface area contributed by atoms with Crippen molar-refractivity contribution in [1.29, 1.82) is 0 Å². The Labute approximate surface area is 188 Å². The van der Waals surface area contributed by atoms with Crippen molar-refractivity contribution in [3.63, 3.8) is 0 Å². The molecule has 1 aliphatic heterocycles. The van der Waals surface area contributed by atoms with Gasteiger partial charge >= 0.3 is 0 Å². The lowest BCUT2D eigenvalue weighted by Gasteiger charge is -2.26. The largest absolute Gasteiger partial charge is 0.379 e. The predicted molar refractivity (Wildman–Crippen MR) is 115 cm³/mol. The van der Waals surface area contributed by atoms with E-state index >= 15 is 0 Å². The molecular weight excluding hydrogens is 433 g/mol. The van der Waals surface area contributed by atoms with Gasteiger partial charge in [0.05, 0.1) is 18.9 Å². The minimum Gasteiger partial charge on any atom is -0.379 e. The zero-order valence-electron chi connectivity index (χ0n) is 17.9. The third kappa shape index (κ3) is 4.38. The number of carbonyl (C=O) groups is 1. The van der Waals surface area contributed by atoms with Gasteiger partial charge in [0.25, 0.3) is 5.91 Å². The van der Waals surface area contributed by atoms with Crippen LogP contribution in [-0.4, -0.2) is 47.0 Å². The monoisotopic (exact) mass is 456 g/mol. The highest BCUT2D eigenvalue weighted by Crippen LogP contribution is 2.39. The Bertz CT molecular complexity index is 1190. The van der Waals surface area contributed by atoms with Crippen LogP contribution in [0.25, 0.3) is 5.69 Å². The van der Waals surface area contributed by atoms with Gasteiger partial charge in [0.1, 0.15) is 17.3 Å². The smallest absolute Gasteiger partial charge is 0.286 e. The lowest BCUT2D eigenvalue weighted by Crippen LogP contribution is -2.48. The van der Waals surface area contributed by atoms with E-state index in [1.165, 1.54) is 22.9 Å². The van der Waals surface area contributed by atoms with Gasteiger partial charge in [0.15, 0.2) is 11.5 Å². The first-order valence-corrected chi connectivity index (χ1v) is 10.9. The Morgan fingerprint density at radius 1 is 1.09 bits per heavy atom. The second-order valence-electron chi connectivity index (χ2n) is 8.33. The van der Waals surface area contributed by atoms with Crippen LogP contribution in [-0.2, 0) is 17.6 Å². The van der Waals surface area contributed by atoms with Gasteiger partial charge in [-0.05, 0) is 49.1 Å². The number of amides is 1. The summed E-state index contributed by atoms with van der Waals surface area (Å²) in [4.78, 5) is 13.1. The average molecular weight is 456 g/mol. The molecule has 1 amide bonds. The highest BCUT2D eigenvalue weighted by molar-refractivity contribution is 5.94. The first kappa shape index (κ1) is 21.7. The SMILES string of the molecule is O=C(NN1CCOCC1)c1nn(-c2ccc(F)cc2F)c2c1CCC2Cc1cccc(F)c1. The lowest BCUT2D eigenvalue weighted by molar-refractivity contribution is 0.0124. The summed E-state index contributed by atoms with van der Waals surface area (Å²) in [6.45, 7) is 2.15. The number of rotatable bonds is 5. The molecular formula is C24H23F3N4O2. The van der Waals surface area contributed by atoms with E-state index in [0.717, 1.165) is 23.3 Å². The molecule has 1 fully saturated rings. The fourth-order valence-corrected chi connectivity index (χ4v) is 4.62. The minimum atomic E-state index is -0.767. The third-order valence-corrected chi connectivity index (χ3v) is 6.15. The number of nitrogens with zero attached hydrogens (tertiary/aromatic N) is 3. The lowest BCUT2D eigenvalue weighted by atomic mass is 9.97. The van der Waals surface area contributed by atoms with Crippen molar-refractivity contribution >= 4 is 5.91 Å². The maximum atomic E-state index is 14.7. The minimum absolute atomic E-state index is 0.0733. The standard InChI is InChI=1S/C24H23F3N4O2/c25-17-3-1-2-15(13-17)12-16-4-6-19-22(24(32)29-30-8-10-33-11-9-30)28-31(23(16)19)21-7-5-18(26)14-20(21)27/h1-3,5,7,13-14,16H,4,6,8-12H2,(H,29,32).